The first kappa shape index (κ1) is 15.3. The second-order valence-electron chi connectivity index (χ2n) is 4.46. The number of alkyl halides is 3. The smallest absolute Gasteiger partial charge is 0.422 e. The predicted octanol–water partition coefficient (Wildman–Crippen LogP) is 0.0344. The topological polar surface area (TPSA) is 95.5 Å². The summed E-state index contributed by atoms with van der Waals surface area (Å²) in [6.45, 7) is 0.285. The number of halogens is 3. The molecule has 1 fully saturated rings. The minimum Gasteiger partial charge on any atom is -0.479 e. The highest BCUT2D eigenvalue weighted by atomic mass is 19.4. The summed E-state index contributed by atoms with van der Waals surface area (Å²) < 4.78 is 38.0. The van der Waals surface area contributed by atoms with E-state index in [1.807, 2.05) is 0 Å². The number of hydrogen-bond donors (Lipinski definition) is 3. The number of nitrogens with one attached hydrogen (secondary N) is 2. The third kappa shape index (κ3) is 3.15. The molecular formula is C10H13F3N2O4. The lowest BCUT2D eigenvalue weighted by atomic mass is 9.95. The van der Waals surface area contributed by atoms with Crippen molar-refractivity contribution in [2.24, 2.45) is 5.92 Å². The Kier molecular flexibility index (Phi) is 4.06. The fraction of sp³-hybridized carbons (Fsp3) is 0.700. The van der Waals surface area contributed by atoms with Gasteiger partial charge in [-0.2, -0.15) is 13.2 Å². The van der Waals surface area contributed by atoms with Crippen LogP contribution >= 0.6 is 0 Å². The molecule has 1 aliphatic rings. The van der Waals surface area contributed by atoms with Gasteiger partial charge < -0.3 is 15.7 Å². The molecule has 19 heavy (non-hydrogen) atoms. The monoisotopic (exact) mass is 282 g/mol. The summed E-state index contributed by atoms with van der Waals surface area (Å²) in [5, 5.41) is 12.5. The molecule has 2 atom stereocenters. The molecule has 1 saturated heterocycles. The van der Waals surface area contributed by atoms with Crippen molar-refractivity contribution in [2.75, 3.05) is 6.54 Å². The van der Waals surface area contributed by atoms with Gasteiger partial charge in [0.25, 0.3) is 0 Å². The number of carboxylic acids is 1. The fourth-order valence-electron chi connectivity index (χ4n) is 1.55. The Bertz CT molecular complexity index is 400. The highest BCUT2D eigenvalue weighted by Gasteiger charge is 2.58. The van der Waals surface area contributed by atoms with Gasteiger partial charge in [0.15, 0.2) is 0 Å². The van der Waals surface area contributed by atoms with Gasteiger partial charge in [0.1, 0.15) is 0 Å². The Morgan fingerprint density at radius 1 is 1.42 bits per heavy atom. The summed E-state index contributed by atoms with van der Waals surface area (Å²) in [6.07, 6.45) is -5.01. The number of rotatable bonds is 3. The molecule has 2 amide bonds. The van der Waals surface area contributed by atoms with Gasteiger partial charge in [-0.1, -0.05) is 0 Å². The summed E-state index contributed by atoms with van der Waals surface area (Å²) in [5.74, 6) is -4.38. The fourth-order valence-corrected chi connectivity index (χ4v) is 1.55. The number of amides is 2. The van der Waals surface area contributed by atoms with Gasteiger partial charge in [-0.25, -0.2) is 4.79 Å². The lowest BCUT2D eigenvalue weighted by molar-refractivity contribution is -0.207. The molecule has 1 rings (SSSR count). The number of carbonyl (C=O) groups is 3. The Labute approximate surface area is 106 Å². The molecule has 0 saturated carbocycles. The van der Waals surface area contributed by atoms with Crippen molar-refractivity contribution in [2.45, 2.75) is 31.5 Å². The van der Waals surface area contributed by atoms with Crippen LogP contribution in [0.15, 0.2) is 0 Å². The van der Waals surface area contributed by atoms with Crippen LogP contribution in [0.2, 0.25) is 0 Å². The Morgan fingerprint density at radius 2 is 2.00 bits per heavy atom. The van der Waals surface area contributed by atoms with Crippen molar-refractivity contribution in [1.29, 1.82) is 0 Å². The second-order valence-corrected chi connectivity index (χ2v) is 4.46. The van der Waals surface area contributed by atoms with E-state index in [1.54, 1.807) is 0 Å². The molecule has 6 nitrogen and oxygen atoms in total. The van der Waals surface area contributed by atoms with E-state index in [-0.39, 0.29) is 25.3 Å². The molecule has 0 aliphatic carbocycles. The van der Waals surface area contributed by atoms with E-state index in [4.69, 9.17) is 5.11 Å². The van der Waals surface area contributed by atoms with Gasteiger partial charge in [-0.05, 0) is 13.3 Å². The maximum Gasteiger partial charge on any atom is 0.422 e. The van der Waals surface area contributed by atoms with E-state index in [0.29, 0.717) is 6.92 Å². The minimum atomic E-state index is -5.12. The first-order valence-electron chi connectivity index (χ1n) is 5.47. The van der Waals surface area contributed by atoms with Crippen LogP contribution in [0.4, 0.5) is 13.2 Å². The maximum absolute atomic E-state index is 12.7. The van der Waals surface area contributed by atoms with Crippen LogP contribution in [-0.2, 0) is 14.4 Å². The maximum atomic E-state index is 12.7. The number of carboxylic acid groups (broad SMARTS) is 1. The van der Waals surface area contributed by atoms with E-state index < -0.39 is 29.5 Å². The SMILES string of the molecule is CC(NC(=O)C1CCC(=O)NC1)(C(=O)O)C(F)(F)F. The number of carbonyl (C=O) groups excluding carboxylic acids is 2. The molecule has 108 valence electrons. The van der Waals surface area contributed by atoms with E-state index in [0.717, 1.165) is 0 Å². The van der Waals surface area contributed by atoms with Crippen molar-refractivity contribution >= 4 is 17.8 Å². The first-order valence-corrected chi connectivity index (χ1v) is 5.47. The molecule has 1 aliphatic heterocycles. The first-order chi connectivity index (χ1) is 8.58. The van der Waals surface area contributed by atoms with Crippen LogP contribution in [0.3, 0.4) is 0 Å². The van der Waals surface area contributed by atoms with Crippen molar-refractivity contribution in [3.05, 3.63) is 0 Å². The van der Waals surface area contributed by atoms with Crippen molar-refractivity contribution in [3.8, 4) is 0 Å². The van der Waals surface area contributed by atoms with Gasteiger partial charge in [0.05, 0.1) is 5.92 Å². The summed E-state index contributed by atoms with van der Waals surface area (Å²) in [7, 11) is 0. The van der Waals surface area contributed by atoms with Gasteiger partial charge in [0.2, 0.25) is 17.4 Å². The lowest BCUT2D eigenvalue weighted by Gasteiger charge is -2.31. The zero-order valence-corrected chi connectivity index (χ0v) is 10.0. The highest BCUT2D eigenvalue weighted by molar-refractivity contribution is 5.89. The van der Waals surface area contributed by atoms with Crippen molar-refractivity contribution in [1.82, 2.24) is 10.6 Å². The standard InChI is InChI=1S/C10H13F3N2O4/c1-9(8(18)19,10(11,12)13)15-7(17)5-2-3-6(16)14-4-5/h5H,2-4H2,1H3,(H,14,16)(H,15,17)(H,18,19). The minimum absolute atomic E-state index is 0.0217. The number of aliphatic carboxylic acids is 1. The number of hydrogen-bond acceptors (Lipinski definition) is 3. The van der Waals surface area contributed by atoms with Crippen LogP contribution in [0, 0.1) is 5.92 Å². The zero-order chi connectivity index (χ0) is 14.8. The van der Waals surface area contributed by atoms with Crippen LogP contribution in [-0.4, -0.2) is 41.2 Å². The molecule has 3 N–H and O–H groups in total. The highest BCUT2D eigenvalue weighted by Crippen LogP contribution is 2.31. The summed E-state index contributed by atoms with van der Waals surface area (Å²) in [4.78, 5) is 33.2. The Hall–Kier alpha value is -1.80. The lowest BCUT2D eigenvalue weighted by Crippen LogP contribution is -2.63. The zero-order valence-electron chi connectivity index (χ0n) is 10.0. The third-order valence-corrected chi connectivity index (χ3v) is 3.00. The van der Waals surface area contributed by atoms with Crippen molar-refractivity contribution < 1.29 is 32.7 Å². The Balaban J connectivity index is 2.78. The van der Waals surface area contributed by atoms with Gasteiger partial charge in [0, 0.05) is 13.0 Å². The van der Waals surface area contributed by atoms with Gasteiger partial charge in [-0.15, -0.1) is 0 Å². The molecular weight excluding hydrogens is 269 g/mol. The largest absolute Gasteiger partial charge is 0.479 e. The Morgan fingerprint density at radius 3 is 2.37 bits per heavy atom. The summed E-state index contributed by atoms with van der Waals surface area (Å²) in [6, 6.07) is 0. The molecule has 2 unspecified atom stereocenters. The van der Waals surface area contributed by atoms with Crippen molar-refractivity contribution in [3.63, 3.8) is 0 Å². The molecule has 0 radical (unpaired) electrons. The van der Waals surface area contributed by atoms with Crippen LogP contribution in [0.25, 0.3) is 0 Å². The second kappa shape index (κ2) is 5.06. The molecule has 0 aromatic carbocycles. The quantitative estimate of drug-likeness (QED) is 0.680. The molecule has 9 heteroatoms. The van der Waals surface area contributed by atoms with E-state index in [9.17, 15) is 27.6 Å². The van der Waals surface area contributed by atoms with Crippen LogP contribution in [0.5, 0.6) is 0 Å². The summed E-state index contributed by atoms with van der Waals surface area (Å²) >= 11 is 0. The molecule has 0 spiro atoms. The summed E-state index contributed by atoms with van der Waals surface area (Å²) in [5.41, 5.74) is -3.34. The van der Waals surface area contributed by atoms with E-state index in [1.165, 1.54) is 5.32 Å². The molecule has 0 aromatic heterocycles. The van der Waals surface area contributed by atoms with E-state index in [2.05, 4.69) is 5.32 Å². The van der Waals surface area contributed by atoms with Gasteiger partial charge in [-0.3, -0.25) is 9.59 Å². The average molecular weight is 282 g/mol. The number of piperidine rings is 1. The predicted molar refractivity (Wildman–Crippen MR) is 56.0 cm³/mol. The average Bonchev–Trinajstić information content (AvgIpc) is 2.27. The van der Waals surface area contributed by atoms with E-state index >= 15 is 0 Å². The molecule has 0 bridgehead atoms. The van der Waals surface area contributed by atoms with Crippen LogP contribution < -0.4 is 10.6 Å². The normalized spacial score (nSPS) is 23.2. The molecule has 0 aromatic rings. The van der Waals surface area contributed by atoms with Gasteiger partial charge >= 0.3 is 12.1 Å². The molecule has 1 heterocycles. The third-order valence-electron chi connectivity index (χ3n) is 3.00. The van der Waals surface area contributed by atoms with Crippen LogP contribution in [0.1, 0.15) is 19.8 Å².